The Kier molecular flexibility index (Phi) is 4.63. The molecular formula is C18H32O2. The zero-order chi connectivity index (χ0) is 15.0. The first-order chi connectivity index (χ1) is 9.24. The van der Waals surface area contributed by atoms with Crippen LogP contribution in [0.3, 0.4) is 0 Å². The van der Waals surface area contributed by atoms with Crippen molar-refractivity contribution in [3.63, 3.8) is 0 Å². The minimum absolute atomic E-state index is 0.267. The van der Waals surface area contributed by atoms with Crippen LogP contribution >= 0.6 is 0 Å². The molecule has 0 radical (unpaired) electrons. The number of rotatable bonds is 5. The van der Waals surface area contributed by atoms with Crippen molar-refractivity contribution in [3.05, 3.63) is 0 Å². The minimum Gasteiger partial charge on any atom is -0.390 e. The molecule has 0 aromatic rings. The van der Waals surface area contributed by atoms with Crippen molar-refractivity contribution < 1.29 is 9.90 Å². The summed E-state index contributed by atoms with van der Waals surface area (Å²) in [4.78, 5) is 12.2. The van der Waals surface area contributed by atoms with Gasteiger partial charge in [-0.15, -0.1) is 0 Å². The van der Waals surface area contributed by atoms with Gasteiger partial charge in [0.15, 0.2) is 0 Å². The molecule has 2 unspecified atom stereocenters. The van der Waals surface area contributed by atoms with Crippen molar-refractivity contribution >= 4 is 5.78 Å². The predicted octanol–water partition coefficient (Wildman–Crippen LogP) is 4.35. The van der Waals surface area contributed by atoms with E-state index in [4.69, 9.17) is 0 Å². The van der Waals surface area contributed by atoms with Gasteiger partial charge in [0, 0.05) is 12.3 Å². The molecule has 2 fully saturated rings. The molecule has 116 valence electrons. The van der Waals surface area contributed by atoms with E-state index >= 15 is 0 Å². The van der Waals surface area contributed by atoms with Crippen LogP contribution in [0.15, 0.2) is 0 Å². The van der Waals surface area contributed by atoms with Gasteiger partial charge in [-0.2, -0.15) is 0 Å². The normalized spacial score (nSPS) is 36.0. The van der Waals surface area contributed by atoms with E-state index in [1.165, 1.54) is 19.3 Å². The van der Waals surface area contributed by atoms with E-state index in [0.29, 0.717) is 23.5 Å². The number of carbonyl (C=O) groups excluding carboxylic acids is 1. The van der Waals surface area contributed by atoms with Crippen molar-refractivity contribution in [1.82, 2.24) is 0 Å². The first kappa shape index (κ1) is 16.0. The summed E-state index contributed by atoms with van der Waals surface area (Å²) in [6.07, 6.45) is 8.67. The molecule has 0 heterocycles. The molecule has 2 aliphatic rings. The Morgan fingerprint density at radius 2 is 2.10 bits per heavy atom. The first-order valence-electron chi connectivity index (χ1n) is 8.49. The maximum absolute atomic E-state index is 12.2. The molecule has 2 aliphatic carbocycles. The van der Waals surface area contributed by atoms with Crippen LogP contribution in [-0.4, -0.2) is 16.5 Å². The molecular weight excluding hydrogens is 248 g/mol. The summed E-state index contributed by atoms with van der Waals surface area (Å²) in [6.45, 7) is 8.52. The van der Waals surface area contributed by atoms with Gasteiger partial charge in [-0.05, 0) is 63.2 Å². The summed E-state index contributed by atoms with van der Waals surface area (Å²) in [6, 6.07) is 0. The number of hydrogen-bond acceptors (Lipinski definition) is 2. The fourth-order valence-electron chi connectivity index (χ4n) is 4.96. The lowest BCUT2D eigenvalue weighted by molar-refractivity contribution is -0.130. The Bertz CT molecular complexity index is 355. The molecule has 0 saturated heterocycles. The number of carbonyl (C=O) groups is 1. The lowest BCUT2D eigenvalue weighted by Gasteiger charge is -2.42. The van der Waals surface area contributed by atoms with E-state index in [1.807, 2.05) is 13.8 Å². The van der Waals surface area contributed by atoms with Crippen molar-refractivity contribution in [1.29, 1.82) is 0 Å². The van der Waals surface area contributed by atoms with Gasteiger partial charge < -0.3 is 5.11 Å². The highest BCUT2D eigenvalue weighted by molar-refractivity contribution is 5.83. The summed E-state index contributed by atoms with van der Waals surface area (Å²) >= 11 is 0. The molecule has 4 atom stereocenters. The number of Topliss-reactive ketones (excluding diaryl/α,β-unsaturated/α-hetero) is 1. The molecule has 0 aromatic carbocycles. The molecule has 2 saturated carbocycles. The molecule has 2 nitrogen and oxygen atoms in total. The van der Waals surface area contributed by atoms with E-state index in [9.17, 15) is 9.90 Å². The molecule has 0 aromatic heterocycles. The number of fused-ring (bicyclic) bond motifs is 1. The summed E-state index contributed by atoms with van der Waals surface area (Å²) in [5.41, 5.74) is -0.272. The van der Waals surface area contributed by atoms with Crippen LogP contribution in [0.1, 0.15) is 79.1 Å². The van der Waals surface area contributed by atoms with E-state index in [-0.39, 0.29) is 5.41 Å². The van der Waals surface area contributed by atoms with Gasteiger partial charge in [0.2, 0.25) is 0 Å². The molecule has 20 heavy (non-hydrogen) atoms. The lowest BCUT2D eigenvalue weighted by atomic mass is 9.62. The van der Waals surface area contributed by atoms with Crippen LogP contribution in [0.4, 0.5) is 0 Å². The lowest BCUT2D eigenvalue weighted by Crippen LogP contribution is -2.39. The SMILES string of the molecule is C[C@@H](CCCC(C)(C)O)C1CCC2C(=O)CCC[C@@]21C. The molecule has 0 bridgehead atoms. The van der Waals surface area contributed by atoms with E-state index in [0.717, 1.165) is 32.1 Å². The fourth-order valence-corrected chi connectivity index (χ4v) is 4.96. The molecule has 0 amide bonds. The standard InChI is InChI=1S/C18H32O2/c1-13(7-5-11-17(2,3)20)14-9-10-15-16(19)8-6-12-18(14,15)4/h13-15,20H,5-12H2,1-4H3/t13-,14?,15?,18+/m0/s1. The topological polar surface area (TPSA) is 37.3 Å². The smallest absolute Gasteiger partial charge is 0.136 e. The Labute approximate surface area is 124 Å². The predicted molar refractivity (Wildman–Crippen MR) is 82.5 cm³/mol. The quantitative estimate of drug-likeness (QED) is 0.813. The monoisotopic (exact) mass is 280 g/mol. The Morgan fingerprint density at radius 1 is 1.40 bits per heavy atom. The highest BCUT2D eigenvalue weighted by Gasteiger charge is 2.52. The number of hydrogen-bond donors (Lipinski definition) is 1. The van der Waals surface area contributed by atoms with E-state index in [1.54, 1.807) is 0 Å². The van der Waals surface area contributed by atoms with E-state index in [2.05, 4.69) is 13.8 Å². The van der Waals surface area contributed by atoms with E-state index < -0.39 is 5.60 Å². The van der Waals surface area contributed by atoms with Gasteiger partial charge in [-0.3, -0.25) is 4.79 Å². The number of aliphatic hydroxyl groups is 1. The van der Waals surface area contributed by atoms with Crippen LogP contribution in [-0.2, 0) is 4.79 Å². The van der Waals surface area contributed by atoms with Crippen molar-refractivity contribution in [2.24, 2.45) is 23.2 Å². The third kappa shape index (κ3) is 3.27. The Balaban J connectivity index is 1.93. The highest BCUT2D eigenvalue weighted by Crippen LogP contribution is 2.57. The van der Waals surface area contributed by atoms with Gasteiger partial charge >= 0.3 is 0 Å². The maximum atomic E-state index is 12.2. The second-order valence-corrected chi connectivity index (χ2v) is 8.24. The van der Waals surface area contributed by atoms with Crippen LogP contribution in [0.2, 0.25) is 0 Å². The van der Waals surface area contributed by atoms with Gasteiger partial charge in [0.1, 0.15) is 5.78 Å². The maximum Gasteiger partial charge on any atom is 0.136 e. The molecule has 1 N–H and O–H groups in total. The molecule has 2 rings (SSSR count). The Morgan fingerprint density at radius 3 is 2.75 bits per heavy atom. The summed E-state index contributed by atoms with van der Waals surface area (Å²) in [5, 5.41) is 9.82. The van der Waals surface area contributed by atoms with Gasteiger partial charge in [0.05, 0.1) is 5.60 Å². The summed E-state index contributed by atoms with van der Waals surface area (Å²) in [7, 11) is 0. The second kappa shape index (κ2) is 5.79. The third-order valence-corrected chi connectivity index (χ3v) is 6.07. The summed E-state index contributed by atoms with van der Waals surface area (Å²) < 4.78 is 0. The largest absolute Gasteiger partial charge is 0.390 e. The molecule has 0 aliphatic heterocycles. The summed E-state index contributed by atoms with van der Waals surface area (Å²) in [5.74, 6) is 2.26. The first-order valence-corrected chi connectivity index (χ1v) is 8.49. The average Bonchev–Trinajstić information content (AvgIpc) is 2.66. The second-order valence-electron chi connectivity index (χ2n) is 8.24. The third-order valence-electron chi connectivity index (χ3n) is 6.07. The van der Waals surface area contributed by atoms with Crippen LogP contribution in [0, 0.1) is 23.2 Å². The number of ketones is 1. The van der Waals surface area contributed by atoms with Crippen molar-refractivity contribution in [2.45, 2.75) is 84.7 Å². The van der Waals surface area contributed by atoms with Crippen molar-refractivity contribution in [2.75, 3.05) is 0 Å². The fraction of sp³-hybridized carbons (Fsp3) is 0.944. The van der Waals surface area contributed by atoms with Crippen LogP contribution in [0.25, 0.3) is 0 Å². The van der Waals surface area contributed by atoms with Crippen molar-refractivity contribution in [3.8, 4) is 0 Å². The van der Waals surface area contributed by atoms with Crippen LogP contribution in [0.5, 0.6) is 0 Å². The van der Waals surface area contributed by atoms with Gasteiger partial charge in [-0.25, -0.2) is 0 Å². The van der Waals surface area contributed by atoms with Gasteiger partial charge in [-0.1, -0.05) is 26.7 Å². The van der Waals surface area contributed by atoms with Gasteiger partial charge in [0.25, 0.3) is 0 Å². The highest BCUT2D eigenvalue weighted by atomic mass is 16.3. The zero-order valence-corrected chi connectivity index (χ0v) is 13.7. The zero-order valence-electron chi connectivity index (χ0n) is 13.7. The average molecular weight is 280 g/mol. The Hall–Kier alpha value is -0.370. The molecule has 0 spiro atoms. The van der Waals surface area contributed by atoms with Crippen LogP contribution < -0.4 is 0 Å². The minimum atomic E-state index is -0.539. The molecule has 2 heteroatoms.